The van der Waals surface area contributed by atoms with Gasteiger partial charge in [-0.15, -0.1) is 0 Å². The number of aliphatic hydroxyl groups is 1. The lowest BCUT2D eigenvalue weighted by Crippen LogP contribution is -2.31. The van der Waals surface area contributed by atoms with Gasteiger partial charge in [0.1, 0.15) is 17.3 Å². The molecule has 7 heteroatoms. The average Bonchev–Trinajstić information content (AvgIpc) is 3.06. The number of aromatic hydroxyl groups is 1. The Morgan fingerprint density at radius 3 is 2.33 bits per heavy atom. The standard InChI is InChI=1S/C29H37NO6/c1-7-35-23-14-11-20(17-22(23)29(4,5)6)26(32)24-25(19-9-12-21(31)13-10-19)30(28(34)27(24)33)15-8-16-36-18(2)3/h9-14,17-18,25,31-32H,7-8,15-16H2,1-6H3/b26-24-. The topological polar surface area (TPSA) is 96.3 Å². The normalized spacial score (nSPS) is 17.8. The molecule has 0 aromatic heterocycles. The van der Waals surface area contributed by atoms with E-state index in [9.17, 15) is 19.8 Å². The van der Waals surface area contributed by atoms with E-state index in [1.54, 1.807) is 24.3 Å². The summed E-state index contributed by atoms with van der Waals surface area (Å²) in [6.45, 7) is 13.1. The molecule has 1 saturated heterocycles. The summed E-state index contributed by atoms with van der Waals surface area (Å²) in [6, 6.07) is 10.9. The number of amides is 1. The molecule has 1 amide bonds. The Morgan fingerprint density at radius 2 is 1.75 bits per heavy atom. The van der Waals surface area contributed by atoms with Gasteiger partial charge in [0, 0.05) is 24.3 Å². The van der Waals surface area contributed by atoms with Gasteiger partial charge < -0.3 is 24.6 Å². The van der Waals surface area contributed by atoms with E-state index in [0.29, 0.717) is 36.5 Å². The molecule has 1 atom stereocenters. The van der Waals surface area contributed by atoms with Gasteiger partial charge in [0.2, 0.25) is 0 Å². The minimum atomic E-state index is -0.783. The number of carbonyl (C=O) groups is 2. The van der Waals surface area contributed by atoms with Crippen LogP contribution in [0.5, 0.6) is 11.5 Å². The molecule has 3 rings (SSSR count). The van der Waals surface area contributed by atoms with Gasteiger partial charge in [0.25, 0.3) is 11.7 Å². The number of aliphatic hydroxyl groups excluding tert-OH is 1. The molecule has 1 fully saturated rings. The first-order valence-electron chi connectivity index (χ1n) is 12.4. The first-order valence-corrected chi connectivity index (χ1v) is 12.4. The van der Waals surface area contributed by atoms with E-state index in [1.807, 2.05) is 47.6 Å². The van der Waals surface area contributed by atoms with Crippen LogP contribution >= 0.6 is 0 Å². The third-order valence-electron chi connectivity index (χ3n) is 6.10. The van der Waals surface area contributed by atoms with Crippen LogP contribution in [0.4, 0.5) is 0 Å². The van der Waals surface area contributed by atoms with Crippen molar-refractivity contribution in [3.05, 3.63) is 64.7 Å². The maximum Gasteiger partial charge on any atom is 0.295 e. The van der Waals surface area contributed by atoms with E-state index in [2.05, 4.69) is 0 Å². The Hall–Kier alpha value is -3.32. The van der Waals surface area contributed by atoms with Crippen LogP contribution in [0.1, 0.15) is 70.7 Å². The second-order valence-electron chi connectivity index (χ2n) is 10.3. The van der Waals surface area contributed by atoms with Crippen molar-refractivity contribution in [2.75, 3.05) is 19.8 Å². The van der Waals surface area contributed by atoms with Gasteiger partial charge >= 0.3 is 0 Å². The number of phenols is 1. The predicted octanol–water partition coefficient (Wildman–Crippen LogP) is 5.33. The van der Waals surface area contributed by atoms with E-state index in [1.165, 1.54) is 17.0 Å². The van der Waals surface area contributed by atoms with Crippen LogP contribution in [0.2, 0.25) is 0 Å². The zero-order valence-electron chi connectivity index (χ0n) is 22.0. The SMILES string of the molecule is CCOc1ccc(/C(O)=C2/C(=O)C(=O)N(CCCOC(C)C)C2c2ccc(O)cc2)cc1C(C)(C)C. The number of Topliss-reactive ketones (excluding diaryl/α,β-unsaturated/α-hetero) is 1. The minimum Gasteiger partial charge on any atom is -0.508 e. The summed E-state index contributed by atoms with van der Waals surface area (Å²) in [6.07, 6.45) is 0.599. The Labute approximate surface area is 213 Å². The summed E-state index contributed by atoms with van der Waals surface area (Å²) in [5.74, 6) is -0.854. The molecule has 2 aromatic carbocycles. The summed E-state index contributed by atoms with van der Waals surface area (Å²) >= 11 is 0. The van der Waals surface area contributed by atoms with Crippen LogP contribution in [0.15, 0.2) is 48.0 Å². The molecule has 0 saturated carbocycles. The van der Waals surface area contributed by atoms with E-state index < -0.39 is 17.7 Å². The van der Waals surface area contributed by atoms with E-state index in [-0.39, 0.29) is 35.1 Å². The van der Waals surface area contributed by atoms with Crippen LogP contribution in [0.25, 0.3) is 5.76 Å². The number of ketones is 1. The molecule has 1 aliphatic rings. The first-order chi connectivity index (χ1) is 17.0. The fraction of sp³-hybridized carbons (Fsp3) is 0.448. The summed E-state index contributed by atoms with van der Waals surface area (Å²) in [5.41, 5.74) is 1.70. The largest absolute Gasteiger partial charge is 0.508 e. The van der Waals surface area contributed by atoms with Crippen LogP contribution in [-0.2, 0) is 19.7 Å². The average molecular weight is 496 g/mol. The number of nitrogens with zero attached hydrogens (tertiary/aromatic N) is 1. The molecular weight excluding hydrogens is 458 g/mol. The van der Waals surface area contributed by atoms with Crippen molar-refractivity contribution in [1.82, 2.24) is 4.90 Å². The molecular formula is C29H37NO6. The van der Waals surface area contributed by atoms with Crippen LogP contribution in [0.3, 0.4) is 0 Å². The minimum absolute atomic E-state index is 0.0273. The Balaban J connectivity index is 2.11. The highest BCUT2D eigenvalue weighted by Crippen LogP contribution is 2.41. The van der Waals surface area contributed by atoms with Gasteiger partial charge in [0.15, 0.2) is 0 Å². The monoisotopic (exact) mass is 495 g/mol. The Kier molecular flexibility index (Phi) is 8.46. The Morgan fingerprint density at radius 1 is 1.08 bits per heavy atom. The van der Waals surface area contributed by atoms with Gasteiger partial charge in [-0.3, -0.25) is 9.59 Å². The van der Waals surface area contributed by atoms with Crippen LogP contribution < -0.4 is 4.74 Å². The number of rotatable bonds is 9. The first kappa shape index (κ1) is 27.3. The van der Waals surface area contributed by atoms with Crippen molar-refractivity contribution < 1.29 is 29.3 Å². The lowest BCUT2D eigenvalue weighted by atomic mass is 9.84. The molecule has 2 N–H and O–H groups in total. The number of ether oxygens (including phenoxy) is 2. The number of hydrogen-bond donors (Lipinski definition) is 2. The summed E-state index contributed by atoms with van der Waals surface area (Å²) in [5, 5.41) is 21.2. The number of likely N-dealkylation sites (tertiary alicyclic amines) is 1. The second-order valence-corrected chi connectivity index (χ2v) is 10.3. The van der Waals surface area contributed by atoms with Crippen molar-refractivity contribution in [3.63, 3.8) is 0 Å². The molecule has 1 unspecified atom stereocenters. The molecule has 0 bridgehead atoms. The molecule has 1 aliphatic heterocycles. The molecule has 2 aromatic rings. The maximum atomic E-state index is 13.3. The molecule has 0 aliphatic carbocycles. The molecule has 7 nitrogen and oxygen atoms in total. The van der Waals surface area contributed by atoms with Crippen molar-refractivity contribution in [3.8, 4) is 11.5 Å². The molecule has 1 heterocycles. The third kappa shape index (κ3) is 5.90. The zero-order valence-corrected chi connectivity index (χ0v) is 22.0. The maximum absolute atomic E-state index is 13.3. The highest BCUT2D eigenvalue weighted by atomic mass is 16.5. The van der Waals surface area contributed by atoms with Crippen molar-refractivity contribution in [2.45, 2.75) is 65.5 Å². The highest BCUT2D eigenvalue weighted by molar-refractivity contribution is 6.46. The van der Waals surface area contributed by atoms with Gasteiger partial charge in [-0.05, 0) is 68.5 Å². The summed E-state index contributed by atoms with van der Waals surface area (Å²) in [4.78, 5) is 27.9. The number of hydrogen-bond acceptors (Lipinski definition) is 6. The number of benzene rings is 2. The smallest absolute Gasteiger partial charge is 0.295 e. The van der Waals surface area contributed by atoms with Crippen LogP contribution in [0, 0.1) is 0 Å². The quantitative estimate of drug-likeness (QED) is 0.211. The van der Waals surface area contributed by atoms with E-state index in [4.69, 9.17) is 9.47 Å². The van der Waals surface area contributed by atoms with E-state index in [0.717, 1.165) is 5.56 Å². The predicted molar refractivity (Wildman–Crippen MR) is 139 cm³/mol. The number of phenolic OH excluding ortho intramolecular Hbond substituents is 1. The zero-order chi connectivity index (χ0) is 26.6. The highest BCUT2D eigenvalue weighted by Gasteiger charge is 2.45. The third-order valence-corrected chi connectivity index (χ3v) is 6.10. The molecule has 36 heavy (non-hydrogen) atoms. The van der Waals surface area contributed by atoms with Gasteiger partial charge in [-0.1, -0.05) is 32.9 Å². The van der Waals surface area contributed by atoms with Crippen molar-refractivity contribution >= 4 is 17.4 Å². The van der Waals surface area contributed by atoms with Gasteiger partial charge in [0.05, 0.1) is 24.3 Å². The van der Waals surface area contributed by atoms with Crippen molar-refractivity contribution in [1.29, 1.82) is 0 Å². The Bertz CT molecular complexity index is 1130. The van der Waals surface area contributed by atoms with Crippen molar-refractivity contribution in [2.24, 2.45) is 0 Å². The van der Waals surface area contributed by atoms with E-state index >= 15 is 0 Å². The lowest BCUT2D eigenvalue weighted by molar-refractivity contribution is -0.140. The molecule has 194 valence electrons. The summed E-state index contributed by atoms with van der Waals surface area (Å²) < 4.78 is 11.4. The summed E-state index contributed by atoms with van der Waals surface area (Å²) in [7, 11) is 0. The fourth-order valence-electron chi connectivity index (χ4n) is 4.37. The molecule has 0 spiro atoms. The van der Waals surface area contributed by atoms with Crippen LogP contribution in [-0.4, -0.2) is 52.7 Å². The number of carbonyl (C=O) groups excluding carboxylic acids is 2. The second kappa shape index (κ2) is 11.2. The lowest BCUT2D eigenvalue weighted by Gasteiger charge is -2.26. The fourth-order valence-corrected chi connectivity index (χ4v) is 4.37. The molecule has 0 radical (unpaired) electrons. The van der Waals surface area contributed by atoms with Gasteiger partial charge in [-0.2, -0.15) is 0 Å². The van der Waals surface area contributed by atoms with Gasteiger partial charge in [-0.25, -0.2) is 0 Å².